The summed E-state index contributed by atoms with van der Waals surface area (Å²) in [6.45, 7) is 1.48. The Morgan fingerprint density at radius 2 is 2.06 bits per heavy atom. The minimum absolute atomic E-state index is 0.0263. The lowest BCUT2D eigenvalue weighted by Gasteiger charge is -2.09. The molecule has 0 aliphatic heterocycles. The van der Waals surface area contributed by atoms with Gasteiger partial charge in [0.2, 0.25) is 0 Å². The first-order chi connectivity index (χ1) is 7.41. The maximum absolute atomic E-state index is 10.9. The van der Waals surface area contributed by atoms with E-state index in [9.17, 15) is 14.7 Å². The summed E-state index contributed by atoms with van der Waals surface area (Å²) in [6.07, 6.45) is -1.26. The smallest absolute Gasteiger partial charge is 0.337 e. The lowest BCUT2D eigenvalue weighted by Crippen LogP contribution is -2.11. The van der Waals surface area contributed by atoms with E-state index >= 15 is 0 Å². The molecule has 0 aliphatic rings. The molecule has 1 rings (SSSR count). The molecule has 0 radical (unpaired) electrons. The molecular formula is C11H11BrO4. The maximum Gasteiger partial charge on any atom is 0.337 e. The Morgan fingerprint density at radius 3 is 2.50 bits per heavy atom. The summed E-state index contributed by atoms with van der Waals surface area (Å²) >= 11 is 3.17. The van der Waals surface area contributed by atoms with E-state index in [1.165, 1.54) is 13.0 Å². The molecule has 0 heterocycles. The Balaban J connectivity index is 3.00. The number of aliphatic hydroxyl groups excluding tert-OH is 1. The van der Waals surface area contributed by atoms with Crippen molar-refractivity contribution in [3.8, 4) is 0 Å². The molecule has 0 saturated heterocycles. The minimum Gasteiger partial charge on any atom is -0.479 e. The van der Waals surface area contributed by atoms with Crippen LogP contribution in [-0.2, 0) is 16.0 Å². The number of hydrogen-bond acceptors (Lipinski definition) is 3. The summed E-state index contributed by atoms with van der Waals surface area (Å²) < 4.78 is 0.487. The van der Waals surface area contributed by atoms with E-state index in [0.717, 1.165) is 5.56 Å². The molecule has 0 fully saturated rings. The molecular weight excluding hydrogens is 276 g/mol. The number of benzene rings is 1. The summed E-state index contributed by atoms with van der Waals surface area (Å²) in [5, 5.41) is 18.0. The van der Waals surface area contributed by atoms with Crippen molar-refractivity contribution in [1.29, 1.82) is 0 Å². The fourth-order valence-corrected chi connectivity index (χ4v) is 1.97. The van der Waals surface area contributed by atoms with Gasteiger partial charge in [0.1, 0.15) is 5.78 Å². The second-order valence-corrected chi connectivity index (χ2v) is 4.33. The van der Waals surface area contributed by atoms with Crippen molar-refractivity contribution in [1.82, 2.24) is 0 Å². The number of rotatable bonds is 4. The van der Waals surface area contributed by atoms with Crippen molar-refractivity contribution in [3.05, 3.63) is 33.8 Å². The first-order valence-corrected chi connectivity index (χ1v) is 5.39. The molecule has 0 aromatic heterocycles. The summed E-state index contributed by atoms with van der Waals surface area (Å²) in [7, 11) is 0. The van der Waals surface area contributed by atoms with E-state index in [1.54, 1.807) is 12.1 Å². The van der Waals surface area contributed by atoms with Gasteiger partial charge in [0, 0.05) is 16.5 Å². The fourth-order valence-electron chi connectivity index (χ4n) is 1.32. The SMILES string of the molecule is CC(=O)Cc1ccc(C(O)C(=O)O)c(Br)c1. The summed E-state index contributed by atoms with van der Waals surface area (Å²) in [4.78, 5) is 21.5. The van der Waals surface area contributed by atoms with Crippen molar-refractivity contribution in [2.45, 2.75) is 19.4 Å². The predicted molar refractivity (Wildman–Crippen MR) is 61.1 cm³/mol. The summed E-state index contributed by atoms with van der Waals surface area (Å²) in [5.41, 5.74) is 1.06. The maximum atomic E-state index is 10.9. The molecule has 0 aliphatic carbocycles. The third-order valence-corrected chi connectivity index (χ3v) is 2.73. The van der Waals surface area contributed by atoms with Gasteiger partial charge in [-0.15, -0.1) is 0 Å². The average molecular weight is 287 g/mol. The van der Waals surface area contributed by atoms with Crippen LogP contribution in [0, 0.1) is 0 Å². The predicted octanol–water partition coefficient (Wildman–Crippen LogP) is 1.70. The van der Waals surface area contributed by atoms with Crippen molar-refractivity contribution in [2.24, 2.45) is 0 Å². The zero-order chi connectivity index (χ0) is 12.3. The van der Waals surface area contributed by atoms with Gasteiger partial charge in [0.25, 0.3) is 0 Å². The number of aliphatic carboxylic acids is 1. The number of carboxylic acids is 1. The molecule has 86 valence electrons. The zero-order valence-corrected chi connectivity index (χ0v) is 10.2. The number of carbonyl (C=O) groups is 2. The quantitative estimate of drug-likeness (QED) is 0.883. The Morgan fingerprint density at radius 1 is 1.44 bits per heavy atom. The van der Waals surface area contributed by atoms with Gasteiger partial charge in [0.15, 0.2) is 6.10 Å². The number of carbonyl (C=O) groups excluding carboxylic acids is 1. The highest BCUT2D eigenvalue weighted by Gasteiger charge is 2.18. The molecule has 4 nitrogen and oxygen atoms in total. The van der Waals surface area contributed by atoms with Crippen molar-refractivity contribution < 1.29 is 19.8 Å². The first-order valence-electron chi connectivity index (χ1n) is 4.60. The van der Waals surface area contributed by atoms with Crippen LogP contribution in [0.1, 0.15) is 24.2 Å². The second-order valence-electron chi connectivity index (χ2n) is 3.48. The van der Waals surface area contributed by atoms with Crippen LogP contribution in [0.15, 0.2) is 22.7 Å². The highest BCUT2D eigenvalue weighted by Crippen LogP contribution is 2.25. The van der Waals surface area contributed by atoms with E-state index in [2.05, 4.69) is 15.9 Å². The molecule has 1 aromatic rings. The monoisotopic (exact) mass is 286 g/mol. The van der Waals surface area contributed by atoms with Gasteiger partial charge >= 0.3 is 5.97 Å². The average Bonchev–Trinajstić information content (AvgIpc) is 2.15. The molecule has 0 spiro atoms. The van der Waals surface area contributed by atoms with Crippen LogP contribution < -0.4 is 0 Å². The van der Waals surface area contributed by atoms with Gasteiger partial charge in [-0.3, -0.25) is 4.79 Å². The van der Waals surface area contributed by atoms with Crippen LogP contribution in [0.5, 0.6) is 0 Å². The van der Waals surface area contributed by atoms with E-state index < -0.39 is 12.1 Å². The van der Waals surface area contributed by atoms with Crippen molar-refractivity contribution in [3.63, 3.8) is 0 Å². The lowest BCUT2D eigenvalue weighted by molar-refractivity contribution is -0.147. The van der Waals surface area contributed by atoms with Gasteiger partial charge in [0.05, 0.1) is 0 Å². The number of aliphatic hydroxyl groups is 1. The molecule has 1 atom stereocenters. The Labute approximate surface area is 101 Å². The van der Waals surface area contributed by atoms with Gasteiger partial charge in [-0.1, -0.05) is 28.1 Å². The van der Waals surface area contributed by atoms with Crippen LogP contribution in [0.2, 0.25) is 0 Å². The van der Waals surface area contributed by atoms with E-state index in [-0.39, 0.29) is 11.3 Å². The van der Waals surface area contributed by atoms with Crippen LogP contribution in [-0.4, -0.2) is 22.0 Å². The standard InChI is InChI=1S/C11H11BrO4/c1-6(13)4-7-2-3-8(9(12)5-7)10(14)11(15)16/h2-3,5,10,14H,4H2,1H3,(H,15,16). The molecule has 2 N–H and O–H groups in total. The highest BCUT2D eigenvalue weighted by atomic mass is 79.9. The van der Waals surface area contributed by atoms with Crippen LogP contribution in [0.4, 0.5) is 0 Å². The third kappa shape index (κ3) is 3.15. The Kier molecular flexibility index (Phi) is 4.20. The number of halogens is 1. The van der Waals surface area contributed by atoms with Crippen LogP contribution in [0.25, 0.3) is 0 Å². The number of carboxylic acid groups (broad SMARTS) is 1. The molecule has 1 unspecified atom stereocenters. The molecule has 0 amide bonds. The van der Waals surface area contributed by atoms with Crippen LogP contribution in [0.3, 0.4) is 0 Å². The number of Topliss-reactive ketones (excluding diaryl/α,β-unsaturated/α-hetero) is 1. The molecule has 0 saturated carbocycles. The largest absolute Gasteiger partial charge is 0.479 e. The van der Waals surface area contributed by atoms with Gasteiger partial charge in [-0.05, 0) is 18.6 Å². The zero-order valence-electron chi connectivity index (χ0n) is 8.61. The first kappa shape index (κ1) is 12.9. The number of hydrogen-bond donors (Lipinski definition) is 2. The minimum atomic E-state index is -1.55. The number of ketones is 1. The van der Waals surface area contributed by atoms with Gasteiger partial charge in [-0.25, -0.2) is 4.79 Å². The van der Waals surface area contributed by atoms with Crippen molar-refractivity contribution in [2.75, 3.05) is 0 Å². The molecule has 16 heavy (non-hydrogen) atoms. The normalized spacial score (nSPS) is 12.2. The fraction of sp³-hybridized carbons (Fsp3) is 0.273. The lowest BCUT2D eigenvalue weighted by atomic mass is 10.0. The van der Waals surface area contributed by atoms with E-state index in [1.807, 2.05) is 0 Å². The van der Waals surface area contributed by atoms with Gasteiger partial charge < -0.3 is 10.2 Å². The highest BCUT2D eigenvalue weighted by molar-refractivity contribution is 9.10. The Bertz CT molecular complexity index is 428. The summed E-state index contributed by atoms with van der Waals surface area (Å²) in [5.74, 6) is -1.28. The van der Waals surface area contributed by atoms with Crippen molar-refractivity contribution >= 4 is 27.7 Å². The second kappa shape index (κ2) is 5.23. The van der Waals surface area contributed by atoms with E-state index in [0.29, 0.717) is 10.9 Å². The molecule has 1 aromatic carbocycles. The molecule has 5 heteroatoms. The van der Waals surface area contributed by atoms with Gasteiger partial charge in [-0.2, -0.15) is 0 Å². The molecule has 0 bridgehead atoms. The van der Waals surface area contributed by atoms with E-state index in [4.69, 9.17) is 5.11 Å². The summed E-state index contributed by atoms with van der Waals surface area (Å²) in [6, 6.07) is 4.78. The Hall–Kier alpha value is -1.20. The third-order valence-electron chi connectivity index (χ3n) is 2.05. The van der Waals surface area contributed by atoms with Crippen LogP contribution >= 0.6 is 15.9 Å². The topological polar surface area (TPSA) is 74.6 Å².